The van der Waals surface area contributed by atoms with Gasteiger partial charge in [-0.25, -0.2) is 0 Å². The lowest BCUT2D eigenvalue weighted by molar-refractivity contribution is 0.0952. The normalized spacial score (nSPS) is 15.8. The number of fused-ring (bicyclic) bond motifs is 3. The molecule has 1 amide bonds. The first-order chi connectivity index (χ1) is 12.0. The molecule has 5 nitrogen and oxygen atoms in total. The molecule has 5 heteroatoms. The molecule has 0 saturated carbocycles. The molecule has 4 rings (SSSR count). The van der Waals surface area contributed by atoms with Crippen LogP contribution < -0.4 is 5.32 Å². The maximum atomic E-state index is 12.6. The number of pyridine rings is 1. The molecular formula is C20H19N3O2. The van der Waals surface area contributed by atoms with Gasteiger partial charge in [-0.1, -0.05) is 13.8 Å². The zero-order valence-electron chi connectivity index (χ0n) is 14.2. The third-order valence-corrected chi connectivity index (χ3v) is 4.91. The summed E-state index contributed by atoms with van der Waals surface area (Å²) in [7, 11) is 0. The lowest BCUT2D eigenvalue weighted by atomic mass is 9.74. The number of anilines is 1. The average Bonchev–Trinajstić information content (AvgIpc) is 3.00. The SMILES string of the molecule is CC1(C)CCC(=O)c2[nH]c3ccc(C(=O)Nc4cccnc4)cc3c21. The second-order valence-corrected chi connectivity index (χ2v) is 7.14. The predicted octanol–water partition coefficient (Wildman–Crippen LogP) is 4.07. The van der Waals surface area contributed by atoms with E-state index in [0.29, 0.717) is 23.4 Å². The molecule has 1 aromatic carbocycles. The Bertz CT molecular complexity index is 987. The largest absolute Gasteiger partial charge is 0.352 e. The molecule has 2 aromatic heterocycles. The summed E-state index contributed by atoms with van der Waals surface area (Å²) in [5, 5.41) is 3.80. The average molecular weight is 333 g/mol. The number of carbonyl (C=O) groups is 2. The first kappa shape index (κ1) is 15.6. The van der Waals surface area contributed by atoms with E-state index >= 15 is 0 Å². The number of nitrogens with one attached hydrogen (secondary N) is 2. The molecule has 0 unspecified atom stereocenters. The summed E-state index contributed by atoms with van der Waals surface area (Å²) in [5.41, 5.74) is 3.73. The molecule has 0 aliphatic heterocycles. The van der Waals surface area contributed by atoms with E-state index in [1.54, 1.807) is 30.6 Å². The minimum Gasteiger partial charge on any atom is -0.352 e. The molecule has 0 radical (unpaired) electrons. The third-order valence-electron chi connectivity index (χ3n) is 4.91. The molecule has 25 heavy (non-hydrogen) atoms. The number of aromatic amines is 1. The van der Waals surface area contributed by atoms with Crippen molar-refractivity contribution in [2.24, 2.45) is 0 Å². The van der Waals surface area contributed by atoms with E-state index in [1.165, 1.54) is 0 Å². The van der Waals surface area contributed by atoms with Crippen molar-refractivity contribution in [1.82, 2.24) is 9.97 Å². The number of hydrogen-bond donors (Lipinski definition) is 2. The number of ketones is 1. The lowest BCUT2D eigenvalue weighted by Gasteiger charge is -2.29. The van der Waals surface area contributed by atoms with Crippen LogP contribution in [0.25, 0.3) is 10.9 Å². The second-order valence-electron chi connectivity index (χ2n) is 7.14. The molecular weight excluding hydrogens is 314 g/mol. The molecule has 0 saturated heterocycles. The first-order valence-electron chi connectivity index (χ1n) is 8.36. The van der Waals surface area contributed by atoms with Gasteiger partial charge in [0, 0.05) is 29.1 Å². The lowest BCUT2D eigenvalue weighted by Crippen LogP contribution is -2.26. The Morgan fingerprint density at radius 2 is 2.12 bits per heavy atom. The van der Waals surface area contributed by atoms with Crippen LogP contribution in [0.3, 0.4) is 0 Å². The summed E-state index contributed by atoms with van der Waals surface area (Å²) in [5.74, 6) is -0.0447. The highest BCUT2D eigenvalue weighted by Crippen LogP contribution is 2.41. The van der Waals surface area contributed by atoms with E-state index in [-0.39, 0.29) is 17.1 Å². The summed E-state index contributed by atoms with van der Waals surface area (Å²) in [6, 6.07) is 9.08. The number of aromatic nitrogens is 2. The number of benzene rings is 1. The van der Waals surface area contributed by atoms with Crippen LogP contribution in [-0.2, 0) is 5.41 Å². The Labute approximate surface area is 145 Å². The third kappa shape index (κ3) is 2.61. The molecule has 0 fully saturated rings. The van der Waals surface area contributed by atoms with E-state index in [4.69, 9.17) is 0 Å². The van der Waals surface area contributed by atoms with Crippen molar-refractivity contribution in [3.63, 3.8) is 0 Å². The molecule has 126 valence electrons. The van der Waals surface area contributed by atoms with Gasteiger partial charge in [0.05, 0.1) is 17.6 Å². The van der Waals surface area contributed by atoms with Crippen LogP contribution in [-0.4, -0.2) is 21.7 Å². The smallest absolute Gasteiger partial charge is 0.255 e. The van der Waals surface area contributed by atoms with Gasteiger partial charge in [-0.15, -0.1) is 0 Å². The summed E-state index contributed by atoms with van der Waals surface area (Å²) >= 11 is 0. The van der Waals surface area contributed by atoms with Crippen LogP contribution in [0.4, 0.5) is 5.69 Å². The zero-order chi connectivity index (χ0) is 17.6. The number of amides is 1. The summed E-state index contributed by atoms with van der Waals surface area (Å²) < 4.78 is 0. The fraction of sp³-hybridized carbons (Fsp3) is 0.250. The van der Waals surface area contributed by atoms with Gasteiger partial charge in [0.25, 0.3) is 5.91 Å². The van der Waals surface area contributed by atoms with Gasteiger partial charge in [0.15, 0.2) is 5.78 Å². The number of H-pyrrole nitrogens is 1. The maximum Gasteiger partial charge on any atom is 0.255 e. The van der Waals surface area contributed by atoms with Gasteiger partial charge in [0.1, 0.15) is 0 Å². The molecule has 3 aromatic rings. The number of rotatable bonds is 2. The number of carbonyl (C=O) groups excluding carboxylic acids is 2. The molecule has 2 N–H and O–H groups in total. The standard InChI is InChI=1S/C20H19N3O2/c1-20(2)8-7-16(24)18-17(20)14-10-12(5-6-15(14)23-18)19(25)22-13-4-3-9-21-11-13/h3-6,9-11,23H,7-8H2,1-2H3,(H,22,25). The fourth-order valence-corrected chi connectivity index (χ4v) is 3.56. The maximum absolute atomic E-state index is 12.6. The Kier molecular flexibility index (Phi) is 3.46. The summed E-state index contributed by atoms with van der Waals surface area (Å²) in [6.07, 6.45) is 4.64. The van der Waals surface area contributed by atoms with E-state index < -0.39 is 0 Å². The van der Waals surface area contributed by atoms with Crippen LogP contribution in [0.15, 0.2) is 42.7 Å². The van der Waals surface area contributed by atoms with Gasteiger partial charge in [-0.05, 0) is 47.7 Å². The van der Waals surface area contributed by atoms with Crippen molar-refractivity contribution in [3.8, 4) is 0 Å². The summed E-state index contributed by atoms with van der Waals surface area (Å²) in [6.45, 7) is 4.29. The predicted molar refractivity (Wildman–Crippen MR) is 97.1 cm³/mol. The molecule has 1 aliphatic carbocycles. The van der Waals surface area contributed by atoms with Crippen LogP contribution in [0.2, 0.25) is 0 Å². The highest BCUT2D eigenvalue weighted by Gasteiger charge is 2.35. The van der Waals surface area contributed by atoms with Crippen LogP contribution in [0.5, 0.6) is 0 Å². The molecule has 1 aliphatic rings. The van der Waals surface area contributed by atoms with Crippen molar-refractivity contribution >= 4 is 28.3 Å². The fourth-order valence-electron chi connectivity index (χ4n) is 3.56. The van der Waals surface area contributed by atoms with E-state index in [0.717, 1.165) is 22.9 Å². The number of Topliss-reactive ketones (excluding diaryl/α,β-unsaturated/α-hetero) is 1. The second kappa shape index (κ2) is 5.55. The molecule has 0 bridgehead atoms. The van der Waals surface area contributed by atoms with E-state index in [2.05, 4.69) is 29.1 Å². The molecule has 0 atom stereocenters. The van der Waals surface area contributed by atoms with Gasteiger partial charge in [-0.2, -0.15) is 0 Å². The van der Waals surface area contributed by atoms with Gasteiger partial charge < -0.3 is 10.3 Å². The van der Waals surface area contributed by atoms with Crippen molar-refractivity contribution in [2.45, 2.75) is 32.1 Å². The minimum atomic E-state index is -0.190. The van der Waals surface area contributed by atoms with Crippen molar-refractivity contribution in [1.29, 1.82) is 0 Å². The van der Waals surface area contributed by atoms with Crippen molar-refractivity contribution in [3.05, 3.63) is 59.5 Å². The summed E-state index contributed by atoms with van der Waals surface area (Å²) in [4.78, 5) is 32.1. The Balaban J connectivity index is 1.78. The molecule has 0 spiro atoms. The van der Waals surface area contributed by atoms with Crippen molar-refractivity contribution in [2.75, 3.05) is 5.32 Å². The van der Waals surface area contributed by atoms with Crippen LogP contribution >= 0.6 is 0 Å². The van der Waals surface area contributed by atoms with Gasteiger partial charge in [-0.3, -0.25) is 14.6 Å². The van der Waals surface area contributed by atoms with Crippen LogP contribution in [0, 0.1) is 0 Å². The number of hydrogen-bond acceptors (Lipinski definition) is 3. The van der Waals surface area contributed by atoms with E-state index in [1.807, 2.05) is 12.1 Å². The highest BCUT2D eigenvalue weighted by molar-refractivity contribution is 6.09. The Hall–Kier alpha value is -2.95. The Morgan fingerprint density at radius 1 is 1.28 bits per heavy atom. The monoisotopic (exact) mass is 333 g/mol. The highest BCUT2D eigenvalue weighted by atomic mass is 16.1. The minimum absolute atomic E-state index is 0.0973. The Morgan fingerprint density at radius 3 is 2.88 bits per heavy atom. The molecule has 2 heterocycles. The van der Waals surface area contributed by atoms with Gasteiger partial charge in [0.2, 0.25) is 0 Å². The first-order valence-corrected chi connectivity index (χ1v) is 8.36. The zero-order valence-corrected chi connectivity index (χ0v) is 14.2. The number of nitrogens with zero attached hydrogens (tertiary/aromatic N) is 1. The quantitative estimate of drug-likeness (QED) is 0.742. The van der Waals surface area contributed by atoms with Gasteiger partial charge >= 0.3 is 0 Å². The van der Waals surface area contributed by atoms with Crippen molar-refractivity contribution < 1.29 is 9.59 Å². The van der Waals surface area contributed by atoms with E-state index in [9.17, 15) is 9.59 Å². The topological polar surface area (TPSA) is 74.8 Å². The van der Waals surface area contributed by atoms with Crippen LogP contribution in [0.1, 0.15) is 53.1 Å².